The number of benzene rings is 2. The van der Waals surface area contributed by atoms with E-state index >= 15 is 0 Å². The van der Waals surface area contributed by atoms with Gasteiger partial charge in [-0.3, -0.25) is 0 Å². The number of nitrogens with zero attached hydrogens (tertiary/aromatic N) is 1. The van der Waals surface area contributed by atoms with Crippen LogP contribution >= 0.6 is 11.6 Å². The number of hydrogen-bond donors (Lipinski definition) is 2. The molecule has 4 rings (SSSR count). The largest absolute Gasteiger partial charge is 0.508 e. The molecule has 0 saturated heterocycles. The summed E-state index contributed by atoms with van der Waals surface area (Å²) < 4.78 is 33.9. The Hall–Kier alpha value is -3.30. The van der Waals surface area contributed by atoms with Gasteiger partial charge in [-0.2, -0.15) is 5.26 Å². The van der Waals surface area contributed by atoms with Gasteiger partial charge in [-0.05, 0) is 41.0 Å². The van der Waals surface area contributed by atoms with E-state index in [2.05, 4.69) is 0 Å². The van der Waals surface area contributed by atoms with Crippen LogP contribution in [-0.2, 0) is 6.42 Å². The summed E-state index contributed by atoms with van der Waals surface area (Å²) >= 11 is 5.89. The molecule has 1 heterocycles. The summed E-state index contributed by atoms with van der Waals surface area (Å²) in [5.74, 6) is -2.35. The molecule has 7 heteroatoms. The Bertz CT molecular complexity index is 1150. The summed E-state index contributed by atoms with van der Waals surface area (Å²) in [4.78, 5) is 0. The van der Waals surface area contributed by atoms with E-state index in [4.69, 9.17) is 16.0 Å². The van der Waals surface area contributed by atoms with E-state index in [9.17, 15) is 24.3 Å². The summed E-state index contributed by atoms with van der Waals surface area (Å²) in [6, 6.07) is 8.23. The lowest BCUT2D eigenvalue weighted by molar-refractivity contribution is 0.432. The number of aromatic hydroxyl groups is 2. The summed E-state index contributed by atoms with van der Waals surface area (Å²) in [7, 11) is 0. The van der Waals surface area contributed by atoms with Crippen molar-refractivity contribution in [2.24, 2.45) is 0 Å². The van der Waals surface area contributed by atoms with Crippen molar-refractivity contribution in [2.75, 3.05) is 0 Å². The van der Waals surface area contributed by atoms with E-state index in [0.29, 0.717) is 22.3 Å². The first-order valence-corrected chi connectivity index (χ1v) is 8.19. The molecule has 0 fully saturated rings. The third-order valence-electron chi connectivity index (χ3n) is 4.48. The van der Waals surface area contributed by atoms with Crippen LogP contribution in [0.15, 0.2) is 41.0 Å². The lowest BCUT2D eigenvalue weighted by Gasteiger charge is -2.09. The van der Waals surface area contributed by atoms with Crippen LogP contribution in [0.25, 0.3) is 11.1 Å². The van der Waals surface area contributed by atoms with E-state index in [0.717, 1.165) is 12.1 Å². The highest BCUT2D eigenvalue weighted by molar-refractivity contribution is 6.32. The fourth-order valence-electron chi connectivity index (χ4n) is 3.29. The van der Waals surface area contributed by atoms with Gasteiger partial charge in [0.25, 0.3) is 0 Å². The molecule has 0 saturated carbocycles. The van der Waals surface area contributed by atoms with Gasteiger partial charge in [0, 0.05) is 23.6 Å². The summed E-state index contributed by atoms with van der Waals surface area (Å²) in [5.41, 5.74) is 1.97. The Morgan fingerprint density at radius 2 is 1.89 bits per heavy atom. The lowest BCUT2D eigenvalue weighted by Crippen LogP contribution is -1.92. The van der Waals surface area contributed by atoms with Gasteiger partial charge in [-0.1, -0.05) is 11.6 Å². The number of hydrogen-bond acceptors (Lipinski definition) is 4. The van der Waals surface area contributed by atoms with Gasteiger partial charge in [0.2, 0.25) is 0 Å². The number of rotatable bonds is 2. The molecule has 27 heavy (non-hydrogen) atoms. The van der Waals surface area contributed by atoms with Gasteiger partial charge in [0.1, 0.15) is 17.6 Å². The predicted octanol–water partition coefficient (Wildman–Crippen LogP) is 5.01. The number of phenols is 2. The van der Waals surface area contributed by atoms with Crippen LogP contribution in [0.4, 0.5) is 8.78 Å². The molecule has 0 bridgehead atoms. The van der Waals surface area contributed by atoms with Gasteiger partial charge >= 0.3 is 0 Å². The Balaban J connectivity index is 2.05. The maximum absolute atomic E-state index is 14.4. The second-order valence-corrected chi connectivity index (χ2v) is 6.45. The minimum Gasteiger partial charge on any atom is -0.508 e. The third kappa shape index (κ3) is 2.64. The van der Waals surface area contributed by atoms with Crippen molar-refractivity contribution in [3.05, 3.63) is 81.3 Å². The van der Waals surface area contributed by atoms with Crippen LogP contribution < -0.4 is 0 Å². The highest BCUT2D eigenvalue weighted by Crippen LogP contribution is 2.46. The summed E-state index contributed by atoms with van der Waals surface area (Å²) in [6.07, 6.45) is 1.39. The zero-order valence-electron chi connectivity index (χ0n) is 13.6. The molecule has 1 aromatic heterocycles. The monoisotopic (exact) mass is 385 g/mol. The Morgan fingerprint density at radius 3 is 2.59 bits per heavy atom. The fourth-order valence-corrected chi connectivity index (χ4v) is 3.50. The molecule has 3 aromatic rings. The minimum absolute atomic E-state index is 0.0723. The highest BCUT2D eigenvalue weighted by Gasteiger charge is 2.31. The molecule has 1 aliphatic rings. The Labute approximate surface area is 157 Å². The van der Waals surface area contributed by atoms with Gasteiger partial charge in [-0.25, -0.2) is 8.78 Å². The van der Waals surface area contributed by atoms with Crippen molar-refractivity contribution < 1.29 is 23.4 Å². The van der Waals surface area contributed by atoms with Crippen LogP contribution in [0.3, 0.4) is 0 Å². The number of allylic oxidation sites excluding steroid dienone is 1. The van der Waals surface area contributed by atoms with E-state index in [1.165, 1.54) is 24.5 Å². The first-order chi connectivity index (χ1) is 12.9. The zero-order valence-corrected chi connectivity index (χ0v) is 14.3. The normalized spacial score (nSPS) is 13.0. The number of fused-ring (bicyclic) bond motifs is 1. The molecule has 1 aliphatic carbocycles. The third-order valence-corrected chi connectivity index (χ3v) is 4.77. The van der Waals surface area contributed by atoms with E-state index < -0.39 is 17.4 Å². The first-order valence-electron chi connectivity index (χ1n) is 7.82. The zero-order chi connectivity index (χ0) is 19.3. The standard InChI is InChI=1S/C20H10ClF2NO3/c21-15-3-10(4-17(23)19(15)26)12-7-13-14(5-11(25)6-16(13)22)18(12)20-9(8-24)1-2-27-20/h1-6,25-26H,7H2. The van der Waals surface area contributed by atoms with Crippen LogP contribution in [0.5, 0.6) is 11.5 Å². The lowest BCUT2D eigenvalue weighted by atomic mass is 9.96. The van der Waals surface area contributed by atoms with Gasteiger partial charge < -0.3 is 14.6 Å². The second-order valence-electron chi connectivity index (χ2n) is 6.05. The summed E-state index contributed by atoms with van der Waals surface area (Å²) in [5, 5.41) is 28.5. The minimum atomic E-state index is -0.927. The Morgan fingerprint density at radius 1 is 1.11 bits per heavy atom. The first kappa shape index (κ1) is 17.1. The molecule has 2 N–H and O–H groups in total. The van der Waals surface area contributed by atoms with E-state index in [1.807, 2.05) is 6.07 Å². The summed E-state index contributed by atoms with van der Waals surface area (Å²) in [6.45, 7) is 0. The molecule has 4 nitrogen and oxygen atoms in total. The molecule has 2 aromatic carbocycles. The van der Waals surface area contributed by atoms with Crippen molar-refractivity contribution in [1.82, 2.24) is 0 Å². The number of furan rings is 1. The SMILES string of the molecule is N#Cc1ccoc1C1=C(c2cc(F)c(O)c(Cl)c2)Cc2c(F)cc(O)cc21. The highest BCUT2D eigenvalue weighted by atomic mass is 35.5. The topological polar surface area (TPSA) is 77.4 Å². The molecule has 0 unspecified atom stereocenters. The fraction of sp³-hybridized carbons (Fsp3) is 0.0500. The number of phenolic OH excluding ortho intramolecular Hbond substituents is 2. The van der Waals surface area contributed by atoms with Crippen molar-refractivity contribution in [3.8, 4) is 17.6 Å². The van der Waals surface area contributed by atoms with Crippen molar-refractivity contribution in [3.63, 3.8) is 0 Å². The van der Waals surface area contributed by atoms with Gasteiger partial charge in [0.05, 0.1) is 16.8 Å². The van der Waals surface area contributed by atoms with Gasteiger partial charge in [-0.15, -0.1) is 0 Å². The number of nitriles is 1. The van der Waals surface area contributed by atoms with Crippen molar-refractivity contribution in [2.45, 2.75) is 6.42 Å². The van der Waals surface area contributed by atoms with Crippen LogP contribution in [-0.4, -0.2) is 10.2 Å². The van der Waals surface area contributed by atoms with E-state index in [-0.39, 0.29) is 34.1 Å². The quantitative estimate of drug-likeness (QED) is 0.650. The maximum atomic E-state index is 14.4. The van der Waals surface area contributed by atoms with Crippen molar-refractivity contribution >= 4 is 22.7 Å². The number of halogens is 3. The molecule has 0 amide bonds. The predicted molar refractivity (Wildman–Crippen MR) is 94.2 cm³/mol. The van der Waals surface area contributed by atoms with Crippen LogP contribution in [0.2, 0.25) is 5.02 Å². The molecule has 0 spiro atoms. The average Bonchev–Trinajstić information content (AvgIpc) is 3.22. The van der Waals surface area contributed by atoms with E-state index in [1.54, 1.807) is 0 Å². The van der Waals surface area contributed by atoms with Crippen molar-refractivity contribution in [1.29, 1.82) is 5.26 Å². The molecule has 0 radical (unpaired) electrons. The molecular formula is C20H10ClF2NO3. The smallest absolute Gasteiger partial charge is 0.170 e. The molecule has 0 aliphatic heterocycles. The average molecular weight is 386 g/mol. The van der Waals surface area contributed by atoms with Crippen LogP contribution in [0, 0.1) is 23.0 Å². The van der Waals surface area contributed by atoms with Crippen LogP contribution in [0.1, 0.15) is 28.0 Å². The molecule has 134 valence electrons. The Kier molecular flexibility index (Phi) is 3.90. The second kappa shape index (κ2) is 6.15. The maximum Gasteiger partial charge on any atom is 0.170 e. The van der Waals surface area contributed by atoms with Gasteiger partial charge in [0.15, 0.2) is 17.3 Å². The molecular weight excluding hydrogens is 376 g/mol. The molecule has 0 atom stereocenters.